The van der Waals surface area contributed by atoms with Crippen molar-refractivity contribution in [2.75, 3.05) is 13.1 Å². The van der Waals surface area contributed by atoms with E-state index in [2.05, 4.69) is 38.2 Å². The van der Waals surface area contributed by atoms with Crippen LogP contribution in [0.2, 0.25) is 0 Å². The number of esters is 1. The molecule has 1 aliphatic heterocycles. The van der Waals surface area contributed by atoms with Gasteiger partial charge in [-0.3, -0.25) is 9.59 Å². The van der Waals surface area contributed by atoms with Crippen LogP contribution in [0.3, 0.4) is 0 Å². The molecule has 0 radical (unpaired) electrons. The van der Waals surface area contributed by atoms with Crippen molar-refractivity contribution in [3.05, 3.63) is 100 Å². The molecule has 2 unspecified atom stereocenters. The summed E-state index contributed by atoms with van der Waals surface area (Å²) in [5.41, 5.74) is 5.83. The standard InChI is InChI=1S/C32H34N6O4/c1-19(2)42-32(41)22-7-5-9-24-21(16-22)10-11-25(24)37-31(40)28-17-26(36-29-13-15-35-38(28)29)30(39)34-18-27-23-8-4-3-6-20(23)12-14-33-27/h3-6,8-9,13,15-17,19,25,27,33H,7,10-12,14,18H2,1-2H3,(H,34,39)(H,37,40). The van der Waals surface area contributed by atoms with E-state index in [1.165, 1.54) is 21.7 Å². The zero-order valence-corrected chi connectivity index (χ0v) is 23.7. The number of amides is 2. The number of rotatable bonds is 7. The van der Waals surface area contributed by atoms with Crippen molar-refractivity contribution in [3.8, 4) is 0 Å². The molecule has 1 aromatic carbocycles. The zero-order chi connectivity index (χ0) is 29.2. The van der Waals surface area contributed by atoms with E-state index in [-0.39, 0.29) is 47.4 Å². The summed E-state index contributed by atoms with van der Waals surface area (Å²) in [6.07, 6.45) is 10.0. The Labute approximate surface area is 243 Å². The van der Waals surface area contributed by atoms with Crippen LogP contribution in [0.15, 0.2) is 77.5 Å². The van der Waals surface area contributed by atoms with Gasteiger partial charge in [0.1, 0.15) is 11.4 Å². The van der Waals surface area contributed by atoms with Gasteiger partial charge in [-0.05, 0) is 74.4 Å². The van der Waals surface area contributed by atoms with Crippen molar-refractivity contribution >= 4 is 23.4 Å². The van der Waals surface area contributed by atoms with Gasteiger partial charge in [0.2, 0.25) is 0 Å². The maximum absolute atomic E-state index is 13.6. The lowest BCUT2D eigenvalue weighted by atomic mass is 9.94. The van der Waals surface area contributed by atoms with Gasteiger partial charge in [0, 0.05) is 30.3 Å². The molecule has 0 spiro atoms. The topological polar surface area (TPSA) is 127 Å². The van der Waals surface area contributed by atoms with Gasteiger partial charge in [-0.2, -0.15) is 5.10 Å². The van der Waals surface area contributed by atoms with Crippen LogP contribution in [0.1, 0.15) is 71.3 Å². The molecule has 10 heteroatoms. The summed E-state index contributed by atoms with van der Waals surface area (Å²) in [7, 11) is 0. The highest BCUT2D eigenvalue weighted by Crippen LogP contribution is 2.32. The number of hydrogen-bond acceptors (Lipinski definition) is 7. The molecule has 2 aliphatic carbocycles. The third-order valence-corrected chi connectivity index (χ3v) is 7.85. The third-order valence-electron chi connectivity index (χ3n) is 7.85. The van der Waals surface area contributed by atoms with Gasteiger partial charge in [-0.1, -0.05) is 36.4 Å². The van der Waals surface area contributed by atoms with Gasteiger partial charge >= 0.3 is 5.97 Å². The number of aromatic nitrogens is 3. The molecule has 216 valence electrons. The minimum Gasteiger partial charge on any atom is -0.460 e. The quantitative estimate of drug-likeness (QED) is 0.374. The predicted octanol–water partition coefficient (Wildman–Crippen LogP) is 3.37. The minimum atomic E-state index is -0.360. The first-order valence-corrected chi connectivity index (χ1v) is 14.4. The van der Waals surface area contributed by atoms with Crippen molar-refractivity contribution in [2.24, 2.45) is 0 Å². The Kier molecular flexibility index (Phi) is 7.71. The second-order valence-corrected chi connectivity index (χ2v) is 11.1. The monoisotopic (exact) mass is 566 g/mol. The van der Waals surface area contributed by atoms with Crippen LogP contribution in [0.25, 0.3) is 5.65 Å². The summed E-state index contributed by atoms with van der Waals surface area (Å²) >= 11 is 0. The number of allylic oxidation sites excluding steroid dienone is 3. The lowest BCUT2D eigenvalue weighted by Crippen LogP contribution is -2.39. The molecule has 6 rings (SSSR count). The Morgan fingerprint density at radius 2 is 2.00 bits per heavy atom. The van der Waals surface area contributed by atoms with E-state index in [1.807, 2.05) is 44.2 Å². The molecular formula is C32H34N6O4. The number of hydrogen-bond donors (Lipinski definition) is 3. The Hall–Kier alpha value is -4.57. The Balaban J connectivity index is 1.19. The summed E-state index contributed by atoms with van der Waals surface area (Å²) < 4.78 is 6.83. The summed E-state index contributed by atoms with van der Waals surface area (Å²) in [5.74, 6) is -1.04. The fourth-order valence-electron chi connectivity index (χ4n) is 5.85. The SMILES string of the molecule is CC(C)OC(=O)C1=CC2=C(C=CC1)C(NC(=O)c1cc(C(=O)NCC3NCCc4ccccc43)nc3ccnn13)CC2. The number of carbonyl (C=O) groups excluding carboxylic acids is 3. The summed E-state index contributed by atoms with van der Waals surface area (Å²) in [6, 6.07) is 11.1. The van der Waals surface area contributed by atoms with Crippen LogP contribution >= 0.6 is 0 Å². The average Bonchev–Trinajstić information content (AvgIpc) is 3.55. The molecule has 2 aromatic heterocycles. The smallest absolute Gasteiger partial charge is 0.334 e. The molecular weight excluding hydrogens is 532 g/mol. The lowest BCUT2D eigenvalue weighted by Gasteiger charge is -2.27. The zero-order valence-electron chi connectivity index (χ0n) is 23.7. The van der Waals surface area contributed by atoms with Gasteiger partial charge in [0.25, 0.3) is 11.8 Å². The molecule has 0 saturated heterocycles. The van der Waals surface area contributed by atoms with Crippen molar-refractivity contribution in [1.29, 1.82) is 0 Å². The molecule has 3 N–H and O–H groups in total. The Morgan fingerprint density at radius 1 is 1.14 bits per heavy atom. The number of nitrogens with zero attached hydrogens (tertiary/aromatic N) is 3. The molecule has 3 aliphatic rings. The number of ether oxygens (including phenoxy) is 1. The van der Waals surface area contributed by atoms with Crippen molar-refractivity contribution in [1.82, 2.24) is 30.5 Å². The van der Waals surface area contributed by atoms with Gasteiger partial charge in [-0.25, -0.2) is 14.3 Å². The van der Waals surface area contributed by atoms with E-state index in [4.69, 9.17) is 4.74 Å². The minimum absolute atomic E-state index is 0.000344. The maximum Gasteiger partial charge on any atom is 0.334 e. The largest absolute Gasteiger partial charge is 0.460 e. The Bertz CT molecular complexity index is 1650. The number of fused-ring (bicyclic) bond motifs is 2. The van der Waals surface area contributed by atoms with Gasteiger partial charge in [0.15, 0.2) is 5.65 Å². The first-order chi connectivity index (χ1) is 20.4. The molecule has 3 aromatic rings. The number of benzene rings is 1. The van der Waals surface area contributed by atoms with E-state index < -0.39 is 0 Å². The van der Waals surface area contributed by atoms with Crippen LogP contribution in [-0.4, -0.2) is 57.6 Å². The van der Waals surface area contributed by atoms with Crippen LogP contribution < -0.4 is 16.0 Å². The average molecular weight is 567 g/mol. The highest BCUT2D eigenvalue weighted by molar-refractivity contribution is 5.98. The predicted molar refractivity (Wildman–Crippen MR) is 157 cm³/mol. The van der Waals surface area contributed by atoms with E-state index in [0.29, 0.717) is 30.6 Å². The summed E-state index contributed by atoms with van der Waals surface area (Å²) in [6.45, 7) is 4.90. The second-order valence-electron chi connectivity index (χ2n) is 11.1. The number of carbonyl (C=O) groups is 3. The van der Waals surface area contributed by atoms with Gasteiger partial charge in [-0.15, -0.1) is 0 Å². The van der Waals surface area contributed by atoms with Crippen molar-refractivity contribution in [2.45, 2.75) is 57.7 Å². The first kappa shape index (κ1) is 27.6. The van der Waals surface area contributed by atoms with Crippen LogP contribution in [0.4, 0.5) is 0 Å². The summed E-state index contributed by atoms with van der Waals surface area (Å²) in [5, 5.41) is 13.8. The van der Waals surface area contributed by atoms with Crippen LogP contribution in [0, 0.1) is 0 Å². The van der Waals surface area contributed by atoms with E-state index in [9.17, 15) is 14.4 Å². The molecule has 0 saturated carbocycles. The molecule has 2 atom stereocenters. The summed E-state index contributed by atoms with van der Waals surface area (Å²) in [4.78, 5) is 43.8. The van der Waals surface area contributed by atoms with E-state index >= 15 is 0 Å². The normalized spacial score (nSPS) is 19.6. The fourth-order valence-corrected chi connectivity index (χ4v) is 5.85. The molecule has 0 bridgehead atoms. The number of nitrogens with one attached hydrogen (secondary N) is 3. The molecule has 42 heavy (non-hydrogen) atoms. The Morgan fingerprint density at radius 3 is 2.86 bits per heavy atom. The maximum atomic E-state index is 13.6. The fraction of sp³-hybridized carbons (Fsp3) is 0.344. The molecule has 2 amide bonds. The third kappa shape index (κ3) is 5.62. The molecule has 10 nitrogen and oxygen atoms in total. The van der Waals surface area contributed by atoms with E-state index in [0.717, 1.165) is 30.5 Å². The highest BCUT2D eigenvalue weighted by atomic mass is 16.5. The lowest BCUT2D eigenvalue weighted by molar-refractivity contribution is -0.142. The van der Waals surface area contributed by atoms with Crippen molar-refractivity contribution < 1.29 is 19.1 Å². The second kappa shape index (κ2) is 11.7. The van der Waals surface area contributed by atoms with Crippen LogP contribution in [0.5, 0.6) is 0 Å². The van der Waals surface area contributed by atoms with E-state index in [1.54, 1.807) is 12.3 Å². The highest BCUT2D eigenvalue weighted by Gasteiger charge is 2.29. The van der Waals surface area contributed by atoms with Gasteiger partial charge in [0.05, 0.1) is 18.3 Å². The van der Waals surface area contributed by atoms with Crippen molar-refractivity contribution in [3.63, 3.8) is 0 Å². The van der Waals surface area contributed by atoms with Gasteiger partial charge < -0.3 is 20.7 Å². The molecule has 3 heterocycles. The first-order valence-electron chi connectivity index (χ1n) is 14.4. The molecule has 0 fully saturated rings. The van der Waals surface area contributed by atoms with Crippen LogP contribution in [-0.2, 0) is 16.0 Å².